The molecule has 0 radical (unpaired) electrons. The van der Waals surface area contributed by atoms with Crippen LogP contribution in [0.3, 0.4) is 0 Å². The third kappa shape index (κ3) is 12.0. The van der Waals surface area contributed by atoms with Crippen LogP contribution in [0, 0.1) is 5.92 Å². The predicted octanol–water partition coefficient (Wildman–Crippen LogP) is 2.37. The lowest BCUT2D eigenvalue weighted by Gasteiger charge is -2.29. The van der Waals surface area contributed by atoms with Gasteiger partial charge in [-0.05, 0) is 45.1 Å². The Morgan fingerprint density at radius 2 is 1.67 bits per heavy atom. The molecule has 0 bridgehead atoms. The van der Waals surface area contributed by atoms with Gasteiger partial charge in [0.2, 0.25) is 5.91 Å². The molecule has 188 valence electrons. The lowest BCUT2D eigenvalue weighted by atomic mass is 10.00. The van der Waals surface area contributed by atoms with Crippen LogP contribution in [0.5, 0.6) is 0 Å². The first-order chi connectivity index (χ1) is 15.4. The number of carbonyl (C=O) groups is 2. The van der Waals surface area contributed by atoms with E-state index in [1.807, 2.05) is 51.1 Å². The summed E-state index contributed by atoms with van der Waals surface area (Å²) in [6.07, 6.45) is -0.986. The van der Waals surface area contributed by atoms with E-state index in [4.69, 9.17) is 4.74 Å². The fourth-order valence-corrected chi connectivity index (χ4v) is 3.28. The maximum absolute atomic E-state index is 12.7. The van der Waals surface area contributed by atoms with Crippen molar-refractivity contribution in [3.05, 3.63) is 35.9 Å². The van der Waals surface area contributed by atoms with Crippen LogP contribution in [-0.2, 0) is 16.0 Å². The minimum absolute atomic E-state index is 0.00778. The lowest BCUT2D eigenvalue weighted by Crippen LogP contribution is -2.56. The van der Waals surface area contributed by atoms with Crippen molar-refractivity contribution in [1.82, 2.24) is 16.0 Å². The molecule has 5 N–H and O–H groups in total. The molecule has 4 atom stereocenters. The highest BCUT2D eigenvalue weighted by Gasteiger charge is 2.29. The number of benzene rings is 1. The van der Waals surface area contributed by atoms with Crippen molar-refractivity contribution >= 4 is 12.0 Å². The van der Waals surface area contributed by atoms with Gasteiger partial charge in [-0.1, -0.05) is 57.5 Å². The van der Waals surface area contributed by atoms with Crippen molar-refractivity contribution < 1.29 is 24.5 Å². The zero-order valence-corrected chi connectivity index (χ0v) is 20.9. The molecule has 8 heteroatoms. The highest BCUT2D eigenvalue weighted by molar-refractivity contribution is 5.82. The van der Waals surface area contributed by atoms with E-state index in [0.717, 1.165) is 12.0 Å². The summed E-state index contributed by atoms with van der Waals surface area (Å²) >= 11 is 0. The second kappa shape index (κ2) is 14.2. The molecular weight excluding hydrogens is 422 g/mol. The Bertz CT molecular complexity index is 706. The molecule has 1 unspecified atom stereocenters. The maximum atomic E-state index is 12.7. The van der Waals surface area contributed by atoms with Gasteiger partial charge in [-0.2, -0.15) is 0 Å². The number of nitrogens with one attached hydrogen (secondary N) is 3. The van der Waals surface area contributed by atoms with Gasteiger partial charge in [-0.15, -0.1) is 0 Å². The second-order valence-corrected chi connectivity index (χ2v) is 9.89. The number of carbonyl (C=O) groups excluding carboxylic acids is 2. The number of amides is 2. The van der Waals surface area contributed by atoms with Crippen LogP contribution in [0.4, 0.5) is 4.79 Å². The molecule has 0 aliphatic rings. The fourth-order valence-electron chi connectivity index (χ4n) is 3.28. The Morgan fingerprint density at radius 3 is 2.21 bits per heavy atom. The summed E-state index contributed by atoms with van der Waals surface area (Å²) in [6, 6.07) is 7.98. The lowest BCUT2D eigenvalue weighted by molar-refractivity contribution is -0.126. The molecule has 2 amide bonds. The first kappa shape index (κ1) is 28.9. The molecule has 8 nitrogen and oxygen atoms in total. The molecule has 0 aliphatic carbocycles. The zero-order valence-electron chi connectivity index (χ0n) is 20.9. The van der Waals surface area contributed by atoms with Crippen molar-refractivity contribution in [2.75, 3.05) is 13.1 Å². The van der Waals surface area contributed by atoms with E-state index in [1.54, 1.807) is 20.8 Å². The zero-order chi connectivity index (χ0) is 25.0. The van der Waals surface area contributed by atoms with E-state index in [-0.39, 0.29) is 18.4 Å². The molecule has 1 aromatic carbocycles. The number of hydrogen-bond donors (Lipinski definition) is 5. The van der Waals surface area contributed by atoms with Gasteiger partial charge in [0.25, 0.3) is 0 Å². The van der Waals surface area contributed by atoms with Crippen LogP contribution in [0.25, 0.3) is 0 Å². The fraction of sp³-hybridized carbons (Fsp3) is 0.680. The van der Waals surface area contributed by atoms with Crippen molar-refractivity contribution in [3.8, 4) is 0 Å². The Morgan fingerprint density at radius 1 is 1.03 bits per heavy atom. The number of rotatable bonds is 13. The quantitative estimate of drug-likeness (QED) is 0.305. The molecule has 0 fully saturated rings. The highest BCUT2D eigenvalue weighted by Crippen LogP contribution is 2.11. The number of ether oxygens (including phenoxy) is 1. The van der Waals surface area contributed by atoms with Gasteiger partial charge in [0.05, 0.1) is 18.2 Å². The topological polar surface area (TPSA) is 120 Å². The Hall–Kier alpha value is -2.16. The molecule has 0 spiro atoms. The van der Waals surface area contributed by atoms with Crippen molar-refractivity contribution in [2.24, 2.45) is 5.92 Å². The summed E-state index contributed by atoms with van der Waals surface area (Å²) in [4.78, 5) is 25.1. The van der Waals surface area contributed by atoms with E-state index >= 15 is 0 Å². The third-order valence-corrected chi connectivity index (χ3v) is 4.95. The summed E-state index contributed by atoms with van der Waals surface area (Å²) < 4.78 is 5.36. The second-order valence-electron chi connectivity index (χ2n) is 9.89. The number of alkyl carbamates (subject to hydrolysis) is 1. The van der Waals surface area contributed by atoms with Crippen LogP contribution < -0.4 is 16.0 Å². The van der Waals surface area contributed by atoms with Crippen LogP contribution in [-0.4, -0.2) is 65.2 Å². The van der Waals surface area contributed by atoms with Gasteiger partial charge >= 0.3 is 6.09 Å². The average Bonchev–Trinajstić information content (AvgIpc) is 2.71. The van der Waals surface area contributed by atoms with E-state index in [1.165, 1.54) is 0 Å². The van der Waals surface area contributed by atoms with Gasteiger partial charge in [0.15, 0.2) is 0 Å². The molecule has 1 aromatic rings. The first-order valence-electron chi connectivity index (χ1n) is 11.8. The third-order valence-electron chi connectivity index (χ3n) is 4.95. The van der Waals surface area contributed by atoms with E-state index in [0.29, 0.717) is 19.4 Å². The standard InChI is InChI=1S/C25H43N3O5/c1-7-11-20(29)22(23(31)27-15-17(2)3)26-16-21(30)19(14-18-12-9-8-10-13-18)28-24(32)33-25(4,5)6/h8-10,12-13,17,19-22,26,29-30H,7,11,14-16H2,1-6H3,(H,27,31)(H,28,32)/t19-,20+,21+,22?/m0/s1. The molecule has 33 heavy (non-hydrogen) atoms. The van der Waals surface area contributed by atoms with E-state index < -0.39 is 36.0 Å². The molecule has 0 saturated carbocycles. The Labute approximate surface area is 198 Å². The van der Waals surface area contributed by atoms with Crippen molar-refractivity contribution in [1.29, 1.82) is 0 Å². The van der Waals surface area contributed by atoms with Gasteiger partial charge in [0, 0.05) is 13.1 Å². The summed E-state index contributed by atoms with van der Waals surface area (Å²) in [7, 11) is 0. The molecular formula is C25H43N3O5. The Balaban J connectivity index is 2.90. The largest absolute Gasteiger partial charge is 0.444 e. The van der Waals surface area contributed by atoms with Crippen molar-refractivity contribution in [3.63, 3.8) is 0 Å². The molecule has 1 rings (SSSR count). The highest BCUT2D eigenvalue weighted by atomic mass is 16.6. The Kier molecular flexibility index (Phi) is 12.4. The summed E-state index contributed by atoms with van der Waals surface area (Å²) in [5, 5.41) is 30.0. The van der Waals surface area contributed by atoms with Crippen LogP contribution in [0.1, 0.15) is 59.9 Å². The first-order valence-corrected chi connectivity index (χ1v) is 11.8. The minimum atomic E-state index is -1.02. The molecule has 0 aliphatic heterocycles. The minimum Gasteiger partial charge on any atom is -0.444 e. The van der Waals surface area contributed by atoms with Crippen LogP contribution in [0.15, 0.2) is 30.3 Å². The molecule has 0 aromatic heterocycles. The predicted molar refractivity (Wildman–Crippen MR) is 130 cm³/mol. The van der Waals surface area contributed by atoms with Gasteiger partial charge in [-0.3, -0.25) is 4.79 Å². The smallest absolute Gasteiger partial charge is 0.407 e. The SMILES string of the molecule is CCC[C@@H](O)C(NC[C@@H](O)[C@H](Cc1ccccc1)NC(=O)OC(C)(C)C)C(=O)NCC(C)C. The maximum Gasteiger partial charge on any atom is 0.407 e. The summed E-state index contributed by atoms with van der Waals surface area (Å²) in [5.41, 5.74) is 0.267. The number of aliphatic hydroxyl groups excluding tert-OH is 2. The van der Waals surface area contributed by atoms with Gasteiger partial charge < -0.3 is 30.9 Å². The van der Waals surface area contributed by atoms with Gasteiger partial charge in [-0.25, -0.2) is 4.79 Å². The average molecular weight is 466 g/mol. The van der Waals surface area contributed by atoms with Gasteiger partial charge in [0.1, 0.15) is 11.6 Å². The monoisotopic (exact) mass is 465 g/mol. The number of aliphatic hydroxyl groups is 2. The van der Waals surface area contributed by atoms with Crippen LogP contribution >= 0.6 is 0 Å². The number of hydrogen-bond acceptors (Lipinski definition) is 6. The molecule has 0 saturated heterocycles. The van der Waals surface area contributed by atoms with Crippen LogP contribution in [0.2, 0.25) is 0 Å². The normalized spacial score (nSPS) is 15.4. The molecule has 0 heterocycles. The summed E-state index contributed by atoms with van der Waals surface area (Å²) in [5.74, 6) is -0.0339. The van der Waals surface area contributed by atoms with E-state index in [9.17, 15) is 19.8 Å². The van der Waals surface area contributed by atoms with Crippen molar-refractivity contribution in [2.45, 2.75) is 90.7 Å². The summed E-state index contributed by atoms with van der Waals surface area (Å²) in [6.45, 7) is 11.7. The van der Waals surface area contributed by atoms with E-state index in [2.05, 4.69) is 16.0 Å².